The van der Waals surface area contributed by atoms with E-state index in [1.54, 1.807) is 0 Å². The Hall–Kier alpha value is -3.01. The van der Waals surface area contributed by atoms with Crippen molar-refractivity contribution in [2.24, 2.45) is 0 Å². The highest BCUT2D eigenvalue weighted by atomic mass is 79.9. The van der Waals surface area contributed by atoms with E-state index in [1.165, 1.54) is 42.5 Å². The first-order valence-corrected chi connectivity index (χ1v) is 13.2. The molecule has 0 saturated heterocycles. The fourth-order valence-electron chi connectivity index (χ4n) is 3.59. The fraction of sp³-hybridized carbons (Fsp3) is 0.0455. The van der Waals surface area contributed by atoms with Crippen LogP contribution < -0.4 is 0 Å². The number of hydrazine groups is 1. The molecule has 0 aromatic heterocycles. The summed E-state index contributed by atoms with van der Waals surface area (Å²) < 4.78 is 1.45. The second kappa shape index (κ2) is 10.4. The maximum Gasteiger partial charge on any atom is 0.282 e. The molecule has 4 rings (SSSR count). The number of amides is 3. The number of nitro groups is 2. The highest BCUT2D eigenvalue weighted by Gasteiger charge is 2.45. The normalized spacial score (nSPS) is 12.5. The summed E-state index contributed by atoms with van der Waals surface area (Å²) in [5.74, 6) is -2.51. The van der Waals surface area contributed by atoms with Crippen LogP contribution in [-0.2, 0) is 6.54 Å². The van der Waals surface area contributed by atoms with Crippen LogP contribution in [0, 0.1) is 20.2 Å². The number of nitrogens with zero attached hydrogens (tertiary/aromatic N) is 4. The Kier molecular flexibility index (Phi) is 7.60. The molecule has 1 aliphatic heterocycles. The van der Waals surface area contributed by atoms with Crippen molar-refractivity contribution in [2.75, 3.05) is 0 Å². The Morgan fingerprint density at radius 1 is 0.784 bits per heavy atom. The van der Waals surface area contributed by atoms with E-state index in [4.69, 9.17) is 0 Å². The summed E-state index contributed by atoms with van der Waals surface area (Å²) in [6.07, 6.45) is 0. The number of halogens is 4. The quantitative estimate of drug-likeness (QED) is 0.0929. The second-order valence-electron chi connectivity index (χ2n) is 7.52. The summed E-state index contributed by atoms with van der Waals surface area (Å²) >= 11 is 13.3. The zero-order chi connectivity index (χ0) is 27.2. The lowest BCUT2D eigenvalue weighted by Gasteiger charge is -2.30. The molecule has 1 heterocycles. The van der Waals surface area contributed by atoms with E-state index in [2.05, 4.69) is 63.7 Å². The van der Waals surface area contributed by atoms with Crippen LogP contribution in [0.25, 0.3) is 0 Å². The maximum absolute atomic E-state index is 13.6. The molecule has 3 aromatic carbocycles. The molecule has 0 aliphatic carbocycles. The van der Waals surface area contributed by atoms with Crippen molar-refractivity contribution in [3.63, 3.8) is 0 Å². The lowest BCUT2D eigenvalue weighted by Crippen LogP contribution is -2.49. The highest BCUT2D eigenvalue weighted by Crippen LogP contribution is 2.45. The molecule has 37 heavy (non-hydrogen) atoms. The van der Waals surface area contributed by atoms with Gasteiger partial charge in [0.1, 0.15) is 0 Å². The summed E-state index contributed by atoms with van der Waals surface area (Å²) in [7, 11) is 0. The van der Waals surface area contributed by atoms with Crippen LogP contribution in [0.2, 0.25) is 0 Å². The third-order valence-electron chi connectivity index (χ3n) is 5.34. The molecule has 1 aliphatic rings. The van der Waals surface area contributed by atoms with E-state index in [9.17, 15) is 34.6 Å². The molecule has 188 valence electrons. The van der Waals surface area contributed by atoms with Gasteiger partial charge in [0.2, 0.25) is 0 Å². The predicted octanol–water partition coefficient (Wildman–Crippen LogP) is 6.41. The van der Waals surface area contributed by atoms with Gasteiger partial charge in [-0.3, -0.25) is 34.6 Å². The first-order chi connectivity index (χ1) is 17.4. The molecular weight excluding hydrogens is 752 g/mol. The summed E-state index contributed by atoms with van der Waals surface area (Å²) in [5.41, 5.74) is -0.347. The Morgan fingerprint density at radius 2 is 1.30 bits per heavy atom. The van der Waals surface area contributed by atoms with Crippen molar-refractivity contribution >= 4 is 92.8 Å². The van der Waals surface area contributed by atoms with Gasteiger partial charge in [0, 0.05) is 47.7 Å². The topological polar surface area (TPSA) is 144 Å². The van der Waals surface area contributed by atoms with Gasteiger partial charge in [-0.15, -0.1) is 0 Å². The number of rotatable bonds is 6. The monoisotopic (exact) mass is 758 g/mol. The molecule has 0 bridgehead atoms. The molecule has 0 saturated carbocycles. The highest BCUT2D eigenvalue weighted by molar-refractivity contribution is 9.15. The fourth-order valence-corrected chi connectivity index (χ4v) is 6.04. The summed E-state index contributed by atoms with van der Waals surface area (Å²) in [4.78, 5) is 61.8. The number of nitro benzene ring substituents is 2. The van der Waals surface area contributed by atoms with Crippen molar-refractivity contribution in [3.8, 4) is 0 Å². The van der Waals surface area contributed by atoms with Crippen LogP contribution in [-0.4, -0.2) is 37.6 Å². The van der Waals surface area contributed by atoms with Gasteiger partial charge < -0.3 is 0 Å². The third kappa shape index (κ3) is 4.83. The second-order valence-corrected chi connectivity index (χ2v) is 10.7. The van der Waals surface area contributed by atoms with Crippen LogP contribution in [0.1, 0.15) is 36.6 Å². The van der Waals surface area contributed by atoms with Gasteiger partial charge in [0.05, 0.1) is 27.5 Å². The Balaban J connectivity index is 1.84. The average Bonchev–Trinajstić information content (AvgIpc) is 3.14. The van der Waals surface area contributed by atoms with E-state index in [0.717, 1.165) is 11.1 Å². The zero-order valence-electron chi connectivity index (χ0n) is 18.0. The Labute approximate surface area is 241 Å². The van der Waals surface area contributed by atoms with E-state index in [0.29, 0.717) is 19.5 Å². The standard InChI is InChI=1S/C22H10Br4N4O7/c23-16-14-15(17(24)19(26)18(16)25)22(33)28(21(14)32)27(9-10-4-6-12(7-5-10)29(34)35)20(31)11-2-1-3-13(8-11)30(36)37/h1-8H,9H2. The summed E-state index contributed by atoms with van der Waals surface area (Å²) in [6, 6.07) is 10.0. The minimum Gasteiger partial charge on any atom is -0.267 e. The van der Waals surface area contributed by atoms with Crippen LogP contribution in [0.5, 0.6) is 0 Å². The number of hydrogen-bond acceptors (Lipinski definition) is 7. The largest absolute Gasteiger partial charge is 0.282 e. The Morgan fingerprint density at radius 3 is 1.78 bits per heavy atom. The van der Waals surface area contributed by atoms with Crippen molar-refractivity contribution in [3.05, 3.63) is 109 Å². The van der Waals surface area contributed by atoms with Gasteiger partial charge in [0.25, 0.3) is 29.1 Å². The maximum atomic E-state index is 13.6. The number of carbonyl (C=O) groups excluding carboxylic acids is 3. The number of imide groups is 1. The number of non-ortho nitro benzene ring substituents is 2. The summed E-state index contributed by atoms with van der Waals surface area (Å²) in [5, 5.41) is 23.8. The molecule has 3 aromatic rings. The number of fused-ring (bicyclic) bond motifs is 1. The van der Waals surface area contributed by atoms with Crippen molar-refractivity contribution in [1.29, 1.82) is 0 Å². The van der Waals surface area contributed by atoms with Gasteiger partial charge in [-0.1, -0.05) is 18.2 Å². The third-order valence-corrected chi connectivity index (χ3v) is 10.1. The van der Waals surface area contributed by atoms with Gasteiger partial charge in [-0.25, -0.2) is 5.01 Å². The number of hydrogen-bond donors (Lipinski definition) is 0. The predicted molar refractivity (Wildman–Crippen MR) is 144 cm³/mol. The van der Waals surface area contributed by atoms with E-state index >= 15 is 0 Å². The number of benzene rings is 3. The molecule has 0 unspecified atom stereocenters. The smallest absolute Gasteiger partial charge is 0.267 e. The van der Waals surface area contributed by atoms with Crippen LogP contribution >= 0.6 is 63.7 Å². The molecular formula is C22H10Br4N4O7. The van der Waals surface area contributed by atoms with Crippen LogP contribution in [0.15, 0.2) is 66.4 Å². The van der Waals surface area contributed by atoms with Gasteiger partial charge in [-0.2, -0.15) is 5.01 Å². The van der Waals surface area contributed by atoms with Crippen molar-refractivity contribution < 1.29 is 24.2 Å². The SMILES string of the molecule is O=C(c1cccc([N+](=O)[O-])c1)N(Cc1ccc([N+](=O)[O-])cc1)N1C(=O)c2c(Br)c(Br)c(Br)c(Br)c2C1=O. The first kappa shape index (κ1) is 27.0. The van der Waals surface area contributed by atoms with Crippen LogP contribution in [0.4, 0.5) is 11.4 Å². The molecule has 0 N–H and O–H groups in total. The molecule has 0 radical (unpaired) electrons. The first-order valence-electron chi connectivity index (χ1n) is 9.98. The average molecular weight is 762 g/mol. The molecule has 3 amide bonds. The Bertz CT molecular complexity index is 1480. The molecule has 0 spiro atoms. The molecule has 11 nitrogen and oxygen atoms in total. The lowest BCUT2D eigenvalue weighted by atomic mass is 10.1. The van der Waals surface area contributed by atoms with E-state index in [1.807, 2.05) is 0 Å². The van der Waals surface area contributed by atoms with E-state index < -0.39 is 27.6 Å². The van der Waals surface area contributed by atoms with Crippen molar-refractivity contribution in [2.45, 2.75) is 6.54 Å². The molecule has 0 atom stereocenters. The van der Waals surface area contributed by atoms with Crippen molar-refractivity contribution in [1.82, 2.24) is 10.0 Å². The molecule has 0 fully saturated rings. The van der Waals surface area contributed by atoms with Gasteiger partial charge in [-0.05, 0) is 75.3 Å². The summed E-state index contributed by atoms with van der Waals surface area (Å²) in [6.45, 7) is -0.345. The lowest BCUT2D eigenvalue weighted by molar-refractivity contribution is -0.385. The minimum absolute atomic E-state index is 0.00695. The zero-order valence-corrected chi connectivity index (χ0v) is 24.3. The minimum atomic E-state index is -0.873. The van der Waals surface area contributed by atoms with E-state index in [-0.39, 0.29) is 43.6 Å². The van der Waals surface area contributed by atoms with Crippen LogP contribution in [0.3, 0.4) is 0 Å². The van der Waals surface area contributed by atoms with Gasteiger partial charge in [0.15, 0.2) is 0 Å². The number of carbonyl (C=O) groups is 3. The van der Waals surface area contributed by atoms with Gasteiger partial charge >= 0.3 is 0 Å². The molecule has 15 heteroatoms.